The summed E-state index contributed by atoms with van der Waals surface area (Å²) >= 11 is 0. The monoisotopic (exact) mass is 299 g/mol. The predicted molar refractivity (Wildman–Crippen MR) is 87.7 cm³/mol. The van der Waals surface area contributed by atoms with Crippen molar-refractivity contribution in [2.75, 3.05) is 25.6 Å². The molecule has 0 fully saturated rings. The standard InChI is InChI=1S/C18H21NO3/c1-13-10-14(2)12-15(11-13)19-18(20)16-6-4-5-7-17(16)22-9-8-21-3/h4-7,10-12H,8-9H2,1-3H3,(H,19,20). The minimum Gasteiger partial charge on any atom is -0.490 e. The molecule has 22 heavy (non-hydrogen) atoms. The molecular formula is C18H21NO3. The smallest absolute Gasteiger partial charge is 0.259 e. The van der Waals surface area contributed by atoms with Crippen LogP contribution in [0.5, 0.6) is 5.75 Å². The van der Waals surface area contributed by atoms with E-state index in [-0.39, 0.29) is 5.91 Å². The Bertz CT molecular complexity index is 632. The summed E-state index contributed by atoms with van der Waals surface area (Å²) in [5.41, 5.74) is 3.52. The molecule has 0 heterocycles. The van der Waals surface area contributed by atoms with Crippen molar-refractivity contribution < 1.29 is 14.3 Å². The van der Waals surface area contributed by atoms with Crippen LogP contribution in [0.4, 0.5) is 5.69 Å². The van der Waals surface area contributed by atoms with Crippen LogP contribution in [-0.4, -0.2) is 26.2 Å². The third-order valence-corrected chi connectivity index (χ3v) is 3.16. The van der Waals surface area contributed by atoms with Gasteiger partial charge in [-0.25, -0.2) is 0 Å². The van der Waals surface area contributed by atoms with E-state index in [0.717, 1.165) is 16.8 Å². The maximum absolute atomic E-state index is 12.5. The van der Waals surface area contributed by atoms with Gasteiger partial charge in [0.05, 0.1) is 12.2 Å². The highest BCUT2D eigenvalue weighted by Gasteiger charge is 2.12. The number of ether oxygens (including phenoxy) is 2. The molecule has 2 aromatic carbocycles. The van der Waals surface area contributed by atoms with E-state index in [1.807, 2.05) is 38.1 Å². The molecule has 0 saturated heterocycles. The van der Waals surface area contributed by atoms with Crippen LogP contribution in [0.2, 0.25) is 0 Å². The van der Waals surface area contributed by atoms with Crippen molar-refractivity contribution >= 4 is 11.6 Å². The van der Waals surface area contributed by atoms with Crippen molar-refractivity contribution in [3.05, 3.63) is 59.2 Å². The molecular weight excluding hydrogens is 278 g/mol. The molecule has 116 valence electrons. The van der Waals surface area contributed by atoms with Crippen LogP contribution in [0.25, 0.3) is 0 Å². The minimum atomic E-state index is -0.182. The second-order valence-electron chi connectivity index (χ2n) is 5.17. The van der Waals surface area contributed by atoms with Gasteiger partial charge in [0.15, 0.2) is 0 Å². The largest absolute Gasteiger partial charge is 0.490 e. The molecule has 1 amide bonds. The number of anilines is 1. The van der Waals surface area contributed by atoms with E-state index in [1.165, 1.54) is 0 Å². The van der Waals surface area contributed by atoms with Gasteiger partial charge in [0, 0.05) is 12.8 Å². The van der Waals surface area contributed by atoms with Crippen LogP contribution >= 0.6 is 0 Å². The summed E-state index contributed by atoms with van der Waals surface area (Å²) in [6.07, 6.45) is 0. The highest BCUT2D eigenvalue weighted by atomic mass is 16.5. The molecule has 2 aromatic rings. The summed E-state index contributed by atoms with van der Waals surface area (Å²) in [4.78, 5) is 12.5. The van der Waals surface area contributed by atoms with Gasteiger partial charge in [-0.1, -0.05) is 18.2 Å². The van der Waals surface area contributed by atoms with Gasteiger partial charge in [0.25, 0.3) is 5.91 Å². The molecule has 0 aliphatic rings. The van der Waals surface area contributed by atoms with Gasteiger partial charge in [0.1, 0.15) is 12.4 Å². The predicted octanol–water partition coefficient (Wildman–Crippen LogP) is 3.58. The third kappa shape index (κ3) is 4.33. The Labute approximate surface area is 131 Å². The first-order valence-electron chi connectivity index (χ1n) is 7.20. The average Bonchev–Trinajstić information content (AvgIpc) is 2.47. The SMILES string of the molecule is COCCOc1ccccc1C(=O)Nc1cc(C)cc(C)c1. The summed E-state index contributed by atoms with van der Waals surface area (Å²) in [7, 11) is 1.61. The van der Waals surface area contributed by atoms with E-state index in [0.29, 0.717) is 24.5 Å². The highest BCUT2D eigenvalue weighted by molar-refractivity contribution is 6.06. The molecule has 0 atom stereocenters. The molecule has 0 aliphatic carbocycles. The summed E-state index contributed by atoms with van der Waals surface area (Å²) < 4.78 is 10.6. The van der Waals surface area contributed by atoms with Crippen molar-refractivity contribution in [1.29, 1.82) is 0 Å². The fourth-order valence-corrected chi connectivity index (χ4v) is 2.26. The Kier molecular flexibility index (Phi) is 5.55. The number of methoxy groups -OCH3 is 1. The number of nitrogens with one attached hydrogen (secondary N) is 1. The average molecular weight is 299 g/mol. The first-order valence-corrected chi connectivity index (χ1v) is 7.20. The topological polar surface area (TPSA) is 47.6 Å². The molecule has 0 radical (unpaired) electrons. The first-order chi connectivity index (χ1) is 10.6. The van der Waals surface area contributed by atoms with E-state index in [9.17, 15) is 4.79 Å². The van der Waals surface area contributed by atoms with Gasteiger partial charge < -0.3 is 14.8 Å². The Morgan fingerprint density at radius 3 is 2.41 bits per heavy atom. The Balaban J connectivity index is 2.15. The molecule has 2 rings (SSSR count). The van der Waals surface area contributed by atoms with Crippen molar-refractivity contribution in [2.24, 2.45) is 0 Å². The highest BCUT2D eigenvalue weighted by Crippen LogP contribution is 2.21. The van der Waals surface area contributed by atoms with Crippen LogP contribution in [-0.2, 0) is 4.74 Å². The van der Waals surface area contributed by atoms with E-state index < -0.39 is 0 Å². The van der Waals surface area contributed by atoms with E-state index in [1.54, 1.807) is 19.2 Å². The summed E-state index contributed by atoms with van der Waals surface area (Å²) in [6, 6.07) is 13.2. The molecule has 0 aliphatic heterocycles. The van der Waals surface area contributed by atoms with Gasteiger partial charge in [-0.05, 0) is 49.2 Å². The van der Waals surface area contributed by atoms with Crippen molar-refractivity contribution in [2.45, 2.75) is 13.8 Å². The number of carbonyl (C=O) groups excluding carboxylic acids is 1. The van der Waals surface area contributed by atoms with Crippen LogP contribution in [0, 0.1) is 13.8 Å². The maximum Gasteiger partial charge on any atom is 0.259 e. The lowest BCUT2D eigenvalue weighted by atomic mass is 10.1. The molecule has 0 saturated carbocycles. The minimum absolute atomic E-state index is 0.182. The lowest BCUT2D eigenvalue weighted by Crippen LogP contribution is -2.15. The van der Waals surface area contributed by atoms with Crippen LogP contribution in [0.15, 0.2) is 42.5 Å². The lowest BCUT2D eigenvalue weighted by molar-refractivity contribution is 0.101. The zero-order valence-electron chi connectivity index (χ0n) is 13.2. The number of hydrogen-bond donors (Lipinski definition) is 1. The molecule has 0 aromatic heterocycles. The second kappa shape index (κ2) is 7.61. The van der Waals surface area contributed by atoms with Gasteiger partial charge in [-0.2, -0.15) is 0 Å². The fraction of sp³-hybridized carbons (Fsp3) is 0.278. The summed E-state index contributed by atoms with van der Waals surface area (Å²) in [6.45, 7) is 4.90. The first kappa shape index (κ1) is 16.0. The van der Waals surface area contributed by atoms with Crippen molar-refractivity contribution in [1.82, 2.24) is 0 Å². The molecule has 4 nitrogen and oxygen atoms in total. The number of carbonyl (C=O) groups is 1. The normalized spacial score (nSPS) is 10.3. The zero-order chi connectivity index (χ0) is 15.9. The zero-order valence-corrected chi connectivity index (χ0v) is 13.2. The van der Waals surface area contributed by atoms with Crippen LogP contribution in [0.1, 0.15) is 21.5 Å². The molecule has 4 heteroatoms. The second-order valence-corrected chi connectivity index (χ2v) is 5.17. The Hall–Kier alpha value is -2.33. The van der Waals surface area contributed by atoms with Gasteiger partial charge >= 0.3 is 0 Å². The van der Waals surface area contributed by atoms with Gasteiger partial charge in [-0.3, -0.25) is 4.79 Å². The number of amides is 1. The van der Waals surface area contributed by atoms with E-state index in [2.05, 4.69) is 11.4 Å². The number of rotatable bonds is 6. The van der Waals surface area contributed by atoms with E-state index in [4.69, 9.17) is 9.47 Å². The van der Waals surface area contributed by atoms with Crippen LogP contribution in [0.3, 0.4) is 0 Å². The molecule has 0 spiro atoms. The number of para-hydroxylation sites is 1. The lowest BCUT2D eigenvalue weighted by Gasteiger charge is -2.12. The fourth-order valence-electron chi connectivity index (χ4n) is 2.26. The van der Waals surface area contributed by atoms with Crippen molar-refractivity contribution in [3.63, 3.8) is 0 Å². The summed E-state index contributed by atoms with van der Waals surface area (Å²) in [5.74, 6) is 0.374. The number of hydrogen-bond acceptors (Lipinski definition) is 3. The van der Waals surface area contributed by atoms with Gasteiger partial charge in [-0.15, -0.1) is 0 Å². The quantitative estimate of drug-likeness (QED) is 0.829. The molecule has 0 bridgehead atoms. The maximum atomic E-state index is 12.5. The number of aryl methyl sites for hydroxylation is 2. The summed E-state index contributed by atoms with van der Waals surface area (Å²) in [5, 5.41) is 2.92. The van der Waals surface area contributed by atoms with Gasteiger partial charge in [0.2, 0.25) is 0 Å². The molecule has 0 unspecified atom stereocenters. The Morgan fingerprint density at radius 1 is 1.05 bits per heavy atom. The Morgan fingerprint density at radius 2 is 1.73 bits per heavy atom. The third-order valence-electron chi connectivity index (χ3n) is 3.16. The van der Waals surface area contributed by atoms with Crippen molar-refractivity contribution in [3.8, 4) is 5.75 Å². The van der Waals surface area contributed by atoms with Crippen LogP contribution < -0.4 is 10.1 Å². The molecule has 1 N–H and O–H groups in total. The van der Waals surface area contributed by atoms with E-state index >= 15 is 0 Å². The number of benzene rings is 2.